The van der Waals surface area contributed by atoms with Crippen LogP contribution < -0.4 is 10.3 Å². The number of ether oxygens (including phenoxy) is 1. The van der Waals surface area contributed by atoms with E-state index in [2.05, 4.69) is 12.1 Å². The number of methoxy groups -OCH3 is 1. The van der Waals surface area contributed by atoms with Crippen molar-refractivity contribution >= 4 is 16.8 Å². The highest BCUT2D eigenvalue weighted by Crippen LogP contribution is 2.59. The van der Waals surface area contributed by atoms with E-state index in [1.165, 1.54) is 5.56 Å². The van der Waals surface area contributed by atoms with E-state index in [4.69, 9.17) is 4.74 Å². The van der Waals surface area contributed by atoms with Gasteiger partial charge < -0.3 is 18.8 Å². The second-order valence-corrected chi connectivity index (χ2v) is 8.90. The Balaban J connectivity index is 1.44. The molecule has 2 aromatic heterocycles. The number of hydrogen-bond donors (Lipinski definition) is 0. The molecule has 1 saturated carbocycles. The van der Waals surface area contributed by atoms with Gasteiger partial charge in [0.05, 0.1) is 23.6 Å². The van der Waals surface area contributed by atoms with Crippen LogP contribution in [0.15, 0.2) is 41.5 Å². The van der Waals surface area contributed by atoms with E-state index < -0.39 is 0 Å². The van der Waals surface area contributed by atoms with Crippen LogP contribution in [0.1, 0.15) is 34.3 Å². The average molecular weight is 405 g/mol. The van der Waals surface area contributed by atoms with Gasteiger partial charge in [-0.05, 0) is 48.9 Å². The minimum atomic E-state index is -0.117. The third kappa shape index (κ3) is 2.62. The zero-order chi connectivity index (χ0) is 21.2. The van der Waals surface area contributed by atoms with Gasteiger partial charge in [0.1, 0.15) is 5.75 Å². The first-order valence-electron chi connectivity index (χ1n) is 10.4. The molecule has 5 rings (SSSR count). The number of rotatable bonds is 3. The first kappa shape index (κ1) is 19.0. The Labute approximate surface area is 175 Å². The monoisotopic (exact) mass is 405 g/mol. The molecule has 1 aliphatic carbocycles. The molecular formula is C24H27N3O3. The number of benzene rings is 1. The van der Waals surface area contributed by atoms with Crippen LogP contribution in [0.4, 0.5) is 0 Å². The SMILES string of the molecule is COc1cccc(C23CCN(C(=O)c4cn(C)c5c(C)cn(C)c(=O)c45)CC2C3)c1. The third-order valence-electron chi connectivity index (χ3n) is 7.14. The van der Waals surface area contributed by atoms with E-state index in [9.17, 15) is 9.59 Å². The van der Waals surface area contributed by atoms with Gasteiger partial charge in [-0.1, -0.05) is 12.1 Å². The zero-order valence-electron chi connectivity index (χ0n) is 17.9. The number of nitrogens with zero attached hydrogens (tertiary/aromatic N) is 3. The molecule has 1 aliphatic heterocycles. The molecular weight excluding hydrogens is 378 g/mol. The van der Waals surface area contributed by atoms with Crippen LogP contribution in [-0.2, 0) is 19.5 Å². The smallest absolute Gasteiger partial charge is 0.260 e. The summed E-state index contributed by atoms with van der Waals surface area (Å²) in [6.45, 7) is 3.41. The van der Waals surface area contributed by atoms with Crippen molar-refractivity contribution in [2.75, 3.05) is 20.2 Å². The summed E-state index contributed by atoms with van der Waals surface area (Å²) in [6, 6.07) is 8.33. The van der Waals surface area contributed by atoms with Gasteiger partial charge in [0.15, 0.2) is 0 Å². The van der Waals surface area contributed by atoms with Gasteiger partial charge in [-0.25, -0.2) is 0 Å². The predicted octanol–water partition coefficient (Wildman–Crippen LogP) is 3.00. The van der Waals surface area contributed by atoms with Crippen LogP contribution >= 0.6 is 0 Å². The molecule has 0 radical (unpaired) electrons. The number of piperidine rings is 1. The molecule has 156 valence electrons. The Morgan fingerprint density at radius 3 is 2.73 bits per heavy atom. The fourth-order valence-electron chi connectivity index (χ4n) is 5.47. The van der Waals surface area contributed by atoms with E-state index in [1.54, 1.807) is 18.7 Å². The normalized spacial score (nSPS) is 22.8. The number of fused-ring (bicyclic) bond motifs is 2. The lowest BCUT2D eigenvalue weighted by Gasteiger charge is -2.32. The van der Waals surface area contributed by atoms with E-state index in [0.29, 0.717) is 23.4 Å². The largest absolute Gasteiger partial charge is 0.497 e. The molecule has 2 aliphatic rings. The maximum Gasteiger partial charge on any atom is 0.260 e. The van der Waals surface area contributed by atoms with E-state index in [0.717, 1.165) is 36.2 Å². The summed E-state index contributed by atoms with van der Waals surface area (Å²) >= 11 is 0. The van der Waals surface area contributed by atoms with Crippen molar-refractivity contribution in [3.63, 3.8) is 0 Å². The number of pyridine rings is 1. The van der Waals surface area contributed by atoms with Crippen molar-refractivity contribution in [3.05, 3.63) is 63.7 Å². The molecule has 2 atom stereocenters. The molecule has 2 unspecified atom stereocenters. The molecule has 1 aromatic carbocycles. The first-order valence-corrected chi connectivity index (χ1v) is 10.4. The maximum absolute atomic E-state index is 13.5. The molecule has 30 heavy (non-hydrogen) atoms. The summed E-state index contributed by atoms with van der Waals surface area (Å²) in [5.41, 5.74) is 3.72. The number of hydrogen-bond acceptors (Lipinski definition) is 3. The highest BCUT2D eigenvalue weighted by atomic mass is 16.5. The van der Waals surface area contributed by atoms with Gasteiger partial charge in [-0.15, -0.1) is 0 Å². The van der Waals surface area contributed by atoms with Crippen LogP contribution in [0.3, 0.4) is 0 Å². The standard InChI is InChI=1S/C24H27N3O3/c1-15-12-26(3)23(29)20-19(14-25(2)21(15)20)22(28)27-9-8-24(11-17(24)13-27)16-6-5-7-18(10-16)30-4/h5-7,10,12,14,17H,8-9,11,13H2,1-4H3. The minimum absolute atomic E-state index is 0.0329. The Morgan fingerprint density at radius 1 is 1.20 bits per heavy atom. The molecule has 0 bridgehead atoms. The predicted molar refractivity (Wildman–Crippen MR) is 116 cm³/mol. The van der Waals surface area contributed by atoms with Crippen LogP contribution in [0.25, 0.3) is 10.9 Å². The Bertz CT molecular complexity index is 1240. The molecule has 6 nitrogen and oxygen atoms in total. The summed E-state index contributed by atoms with van der Waals surface area (Å²) < 4.78 is 8.87. The molecule has 3 aromatic rings. The number of carbonyl (C=O) groups excluding carboxylic acids is 1. The van der Waals surface area contributed by atoms with Crippen molar-refractivity contribution in [1.29, 1.82) is 0 Å². The summed E-state index contributed by atoms with van der Waals surface area (Å²) in [7, 11) is 5.33. The topological polar surface area (TPSA) is 56.5 Å². The van der Waals surface area contributed by atoms with E-state index >= 15 is 0 Å². The second-order valence-electron chi connectivity index (χ2n) is 8.90. The van der Waals surface area contributed by atoms with Crippen molar-refractivity contribution in [3.8, 4) is 5.75 Å². The highest BCUT2D eigenvalue weighted by Gasteiger charge is 2.58. The number of aryl methyl sites for hydroxylation is 3. The number of carbonyl (C=O) groups is 1. The van der Waals surface area contributed by atoms with E-state index in [1.807, 2.05) is 48.0 Å². The van der Waals surface area contributed by atoms with Crippen LogP contribution in [0.5, 0.6) is 5.75 Å². The molecule has 1 amide bonds. The van der Waals surface area contributed by atoms with Crippen molar-refractivity contribution in [2.45, 2.75) is 25.2 Å². The lowest BCUT2D eigenvalue weighted by atomic mass is 9.87. The molecule has 1 saturated heterocycles. The Kier molecular flexibility index (Phi) is 4.10. The number of amides is 1. The van der Waals surface area contributed by atoms with Crippen LogP contribution in [-0.4, -0.2) is 40.1 Å². The lowest BCUT2D eigenvalue weighted by molar-refractivity contribution is 0.0709. The summed E-state index contributed by atoms with van der Waals surface area (Å²) in [5.74, 6) is 1.31. The third-order valence-corrected chi connectivity index (χ3v) is 7.14. The van der Waals surface area contributed by atoms with Gasteiger partial charge in [0.25, 0.3) is 11.5 Å². The summed E-state index contributed by atoms with van der Waals surface area (Å²) in [5, 5.41) is 0.533. The molecule has 6 heteroatoms. The maximum atomic E-state index is 13.5. The zero-order valence-corrected chi connectivity index (χ0v) is 17.9. The van der Waals surface area contributed by atoms with E-state index in [-0.39, 0.29) is 16.9 Å². The van der Waals surface area contributed by atoms with Gasteiger partial charge in [-0.2, -0.15) is 0 Å². The Hall–Kier alpha value is -3.02. The number of likely N-dealkylation sites (tertiary alicyclic amines) is 1. The highest BCUT2D eigenvalue weighted by molar-refractivity contribution is 6.07. The molecule has 0 N–H and O–H groups in total. The molecule has 2 fully saturated rings. The van der Waals surface area contributed by atoms with Gasteiger partial charge in [0, 0.05) is 45.0 Å². The number of aromatic nitrogens is 2. The average Bonchev–Trinajstić information content (AvgIpc) is 3.39. The second kappa shape index (κ2) is 6.49. The molecule has 3 heterocycles. The van der Waals surface area contributed by atoms with Crippen molar-refractivity contribution < 1.29 is 9.53 Å². The fraction of sp³-hybridized carbons (Fsp3) is 0.417. The fourth-order valence-corrected chi connectivity index (χ4v) is 5.47. The lowest BCUT2D eigenvalue weighted by Crippen LogP contribution is -2.40. The van der Waals surface area contributed by atoms with Gasteiger partial charge in [-0.3, -0.25) is 9.59 Å². The van der Waals surface area contributed by atoms with Gasteiger partial charge in [0.2, 0.25) is 0 Å². The summed E-state index contributed by atoms with van der Waals surface area (Å²) in [4.78, 5) is 28.2. The van der Waals surface area contributed by atoms with Crippen LogP contribution in [0.2, 0.25) is 0 Å². The van der Waals surface area contributed by atoms with Crippen molar-refractivity contribution in [2.24, 2.45) is 20.0 Å². The minimum Gasteiger partial charge on any atom is -0.497 e. The summed E-state index contributed by atoms with van der Waals surface area (Å²) in [6.07, 6.45) is 5.68. The van der Waals surface area contributed by atoms with Crippen molar-refractivity contribution in [1.82, 2.24) is 14.0 Å². The van der Waals surface area contributed by atoms with Gasteiger partial charge >= 0.3 is 0 Å². The van der Waals surface area contributed by atoms with Crippen LogP contribution in [0, 0.1) is 12.8 Å². The first-order chi connectivity index (χ1) is 14.4. The quantitative estimate of drug-likeness (QED) is 0.673. The molecule has 0 spiro atoms. The Morgan fingerprint density at radius 2 is 2.00 bits per heavy atom.